The van der Waals surface area contributed by atoms with Gasteiger partial charge in [0.05, 0.1) is 6.61 Å². The number of benzene rings is 1. The molecule has 0 aliphatic heterocycles. The van der Waals surface area contributed by atoms with Crippen LogP contribution in [0.15, 0.2) is 24.3 Å². The summed E-state index contributed by atoms with van der Waals surface area (Å²) in [5.41, 5.74) is 1.56. The Labute approximate surface area is 152 Å². The van der Waals surface area contributed by atoms with Gasteiger partial charge in [0, 0.05) is 20.1 Å². The number of carbonyl (C=O) groups excluding carboxylic acids is 1. The Bertz CT molecular complexity index is 555. The lowest BCUT2D eigenvalue weighted by atomic mass is 9.89. The van der Waals surface area contributed by atoms with Crippen molar-refractivity contribution in [2.24, 2.45) is 5.92 Å². The van der Waals surface area contributed by atoms with Gasteiger partial charge in [0.2, 0.25) is 0 Å². The van der Waals surface area contributed by atoms with Gasteiger partial charge >= 0.3 is 12.2 Å². The van der Waals surface area contributed by atoms with Gasteiger partial charge in [-0.05, 0) is 29.9 Å². The molecule has 0 heterocycles. The van der Waals surface area contributed by atoms with Gasteiger partial charge in [-0.25, -0.2) is 4.79 Å². The molecule has 0 bridgehead atoms. The van der Waals surface area contributed by atoms with Crippen LogP contribution >= 0.6 is 0 Å². The molecule has 0 radical (unpaired) electrons. The molecule has 1 fully saturated rings. The third kappa shape index (κ3) is 7.64. The first kappa shape index (κ1) is 20.6. The van der Waals surface area contributed by atoms with E-state index in [-0.39, 0.29) is 12.6 Å². The predicted octanol–water partition coefficient (Wildman–Crippen LogP) is 4.49. The molecule has 1 saturated carbocycles. The molecule has 2 rings (SSSR count). The quantitative estimate of drug-likeness (QED) is 0.766. The molecule has 4 nitrogen and oxygen atoms in total. The summed E-state index contributed by atoms with van der Waals surface area (Å²) in [6.45, 7) is -0.173. The number of alkyl halides is 3. The van der Waals surface area contributed by atoms with Gasteiger partial charge in [0.15, 0.2) is 0 Å². The van der Waals surface area contributed by atoms with Crippen molar-refractivity contribution >= 4 is 6.03 Å². The number of halogens is 3. The maximum absolute atomic E-state index is 12.2. The molecular formula is C19H27F3N2O2. The summed E-state index contributed by atoms with van der Waals surface area (Å²) in [7, 11) is 1.81. The average Bonchev–Trinajstić information content (AvgIpc) is 2.60. The summed E-state index contributed by atoms with van der Waals surface area (Å²) in [4.78, 5) is 13.9. The highest BCUT2D eigenvalue weighted by Gasteiger charge is 2.27. The molecule has 1 aliphatic carbocycles. The number of carbonyl (C=O) groups is 1. The van der Waals surface area contributed by atoms with Crippen LogP contribution in [-0.2, 0) is 17.9 Å². The Morgan fingerprint density at radius 1 is 1.15 bits per heavy atom. The van der Waals surface area contributed by atoms with E-state index in [2.05, 4.69) is 10.1 Å². The van der Waals surface area contributed by atoms with E-state index in [0.29, 0.717) is 18.0 Å². The minimum absolute atomic E-state index is 0.0870. The first-order valence-electron chi connectivity index (χ1n) is 9.05. The molecule has 1 aromatic carbocycles. The fourth-order valence-electron chi connectivity index (χ4n) is 3.19. The number of hydrogen-bond donors (Lipinski definition) is 1. The van der Waals surface area contributed by atoms with Crippen LogP contribution in [0, 0.1) is 5.92 Å². The second-order valence-electron chi connectivity index (χ2n) is 6.97. The lowest BCUT2D eigenvalue weighted by Crippen LogP contribution is -2.39. The van der Waals surface area contributed by atoms with Crippen molar-refractivity contribution in [2.45, 2.75) is 51.4 Å². The standard InChI is InChI=1S/C19H27F3N2O2/c1-24(12-16-5-3-2-4-6-16)18(25)23-11-15-7-9-17(10-8-15)13-26-14-19(20,21)22/h7-10,16H,2-6,11-14H2,1H3,(H,23,25). The number of ether oxygens (including phenoxy) is 1. The van der Waals surface area contributed by atoms with E-state index in [9.17, 15) is 18.0 Å². The van der Waals surface area contributed by atoms with E-state index in [1.54, 1.807) is 29.2 Å². The summed E-state index contributed by atoms with van der Waals surface area (Å²) in [5, 5.41) is 2.88. The van der Waals surface area contributed by atoms with Crippen molar-refractivity contribution in [1.82, 2.24) is 10.2 Å². The number of nitrogens with one attached hydrogen (secondary N) is 1. The van der Waals surface area contributed by atoms with E-state index in [1.807, 2.05) is 7.05 Å². The summed E-state index contributed by atoms with van der Waals surface area (Å²) in [6, 6.07) is 6.89. The molecule has 1 N–H and O–H groups in total. The number of rotatable bonds is 7. The number of nitrogens with zero attached hydrogens (tertiary/aromatic N) is 1. The van der Waals surface area contributed by atoms with Crippen molar-refractivity contribution in [1.29, 1.82) is 0 Å². The highest BCUT2D eigenvalue weighted by atomic mass is 19.4. The molecule has 146 valence electrons. The zero-order chi connectivity index (χ0) is 19.0. The maximum Gasteiger partial charge on any atom is 0.411 e. The van der Waals surface area contributed by atoms with E-state index in [0.717, 1.165) is 12.1 Å². The van der Waals surface area contributed by atoms with E-state index < -0.39 is 12.8 Å². The van der Waals surface area contributed by atoms with Crippen LogP contribution in [0.25, 0.3) is 0 Å². The van der Waals surface area contributed by atoms with Gasteiger partial charge in [-0.1, -0.05) is 43.5 Å². The minimum atomic E-state index is -4.31. The first-order valence-corrected chi connectivity index (χ1v) is 9.05. The topological polar surface area (TPSA) is 41.6 Å². The van der Waals surface area contributed by atoms with Crippen molar-refractivity contribution in [3.05, 3.63) is 35.4 Å². The van der Waals surface area contributed by atoms with E-state index in [1.165, 1.54) is 32.1 Å². The average molecular weight is 372 g/mol. The molecule has 0 spiro atoms. The minimum Gasteiger partial charge on any atom is -0.367 e. The van der Waals surface area contributed by atoms with Gasteiger partial charge in [0.25, 0.3) is 0 Å². The second kappa shape index (κ2) is 9.80. The number of hydrogen-bond acceptors (Lipinski definition) is 2. The Morgan fingerprint density at radius 2 is 1.77 bits per heavy atom. The molecule has 0 saturated heterocycles. The molecule has 0 atom stereocenters. The molecule has 1 aliphatic rings. The molecule has 0 unspecified atom stereocenters. The van der Waals surface area contributed by atoms with Crippen LogP contribution < -0.4 is 5.32 Å². The molecule has 0 aromatic heterocycles. The van der Waals surface area contributed by atoms with Crippen molar-refractivity contribution in [3.8, 4) is 0 Å². The summed E-state index contributed by atoms with van der Waals surface area (Å²) in [6.07, 6.45) is 1.86. The fraction of sp³-hybridized carbons (Fsp3) is 0.632. The van der Waals surface area contributed by atoms with Gasteiger partial charge in [-0.3, -0.25) is 0 Å². The zero-order valence-corrected chi connectivity index (χ0v) is 15.1. The lowest BCUT2D eigenvalue weighted by molar-refractivity contribution is -0.176. The molecule has 7 heteroatoms. The Hall–Kier alpha value is -1.76. The van der Waals surface area contributed by atoms with Crippen LogP contribution in [0.4, 0.5) is 18.0 Å². The largest absolute Gasteiger partial charge is 0.411 e. The van der Waals surface area contributed by atoms with E-state index >= 15 is 0 Å². The highest BCUT2D eigenvalue weighted by molar-refractivity contribution is 5.73. The Morgan fingerprint density at radius 3 is 2.38 bits per heavy atom. The van der Waals surface area contributed by atoms with Crippen molar-refractivity contribution < 1.29 is 22.7 Å². The van der Waals surface area contributed by atoms with Gasteiger partial charge in [0.1, 0.15) is 6.61 Å². The predicted molar refractivity (Wildman–Crippen MR) is 93.6 cm³/mol. The monoisotopic (exact) mass is 372 g/mol. The highest BCUT2D eigenvalue weighted by Crippen LogP contribution is 2.24. The number of amides is 2. The lowest BCUT2D eigenvalue weighted by Gasteiger charge is -2.27. The maximum atomic E-state index is 12.2. The Kier molecular flexibility index (Phi) is 7.75. The van der Waals surface area contributed by atoms with Gasteiger partial charge in [-0.2, -0.15) is 13.2 Å². The summed E-state index contributed by atoms with van der Waals surface area (Å²) in [5.74, 6) is 0.593. The second-order valence-corrected chi connectivity index (χ2v) is 6.97. The van der Waals surface area contributed by atoms with Gasteiger partial charge < -0.3 is 15.0 Å². The zero-order valence-electron chi connectivity index (χ0n) is 15.1. The third-order valence-electron chi connectivity index (χ3n) is 4.60. The van der Waals surface area contributed by atoms with Crippen LogP contribution in [0.5, 0.6) is 0 Å². The molecule has 2 amide bonds. The summed E-state index contributed by atoms with van der Waals surface area (Å²) < 4.78 is 40.8. The van der Waals surface area contributed by atoms with Crippen LogP contribution in [0.3, 0.4) is 0 Å². The SMILES string of the molecule is CN(CC1CCCCC1)C(=O)NCc1ccc(COCC(F)(F)F)cc1. The molecule has 26 heavy (non-hydrogen) atoms. The van der Waals surface area contributed by atoms with Crippen LogP contribution in [0.1, 0.15) is 43.2 Å². The Balaban J connectivity index is 1.70. The molecule has 1 aromatic rings. The van der Waals surface area contributed by atoms with Crippen molar-refractivity contribution in [3.63, 3.8) is 0 Å². The normalized spacial score (nSPS) is 15.7. The fourth-order valence-corrected chi connectivity index (χ4v) is 3.19. The van der Waals surface area contributed by atoms with Crippen molar-refractivity contribution in [2.75, 3.05) is 20.2 Å². The van der Waals surface area contributed by atoms with Gasteiger partial charge in [-0.15, -0.1) is 0 Å². The van der Waals surface area contributed by atoms with E-state index in [4.69, 9.17) is 0 Å². The third-order valence-corrected chi connectivity index (χ3v) is 4.60. The smallest absolute Gasteiger partial charge is 0.367 e. The van der Waals surface area contributed by atoms with Crippen LogP contribution in [0.2, 0.25) is 0 Å². The summed E-state index contributed by atoms with van der Waals surface area (Å²) >= 11 is 0. The molecular weight excluding hydrogens is 345 g/mol. The first-order chi connectivity index (χ1) is 12.3. The number of urea groups is 1. The van der Waals surface area contributed by atoms with Crippen LogP contribution in [-0.4, -0.2) is 37.3 Å².